The Labute approximate surface area is 177 Å². The van der Waals surface area contributed by atoms with Gasteiger partial charge in [0.25, 0.3) is 0 Å². The number of fused-ring (bicyclic) bond motifs is 1. The molecule has 0 unspecified atom stereocenters. The van der Waals surface area contributed by atoms with Crippen LogP contribution in [0.15, 0.2) is 64.9 Å². The fraction of sp³-hybridized carbons (Fsp3) is 0.227. The van der Waals surface area contributed by atoms with Crippen LogP contribution in [0.2, 0.25) is 0 Å². The Morgan fingerprint density at radius 1 is 1.07 bits per heavy atom. The van der Waals surface area contributed by atoms with Crippen LogP contribution in [0, 0.1) is 0 Å². The molecule has 1 aromatic heterocycles. The number of aliphatic carboxylic acids is 1. The zero-order chi connectivity index (χ0) is 21.1. The van der Waals surface area contributed by atoms with Gasteiger partial charge in [-0.15, -0.1) is 11.8 Å². The maximum Gasteiger partial charge on any atom is 0.303 e. The molecule has 0 saturated carbocycles. The standard InChI is InChI=1S/C22H20N4O3S/c1-30-16-5-2-14(3-6-16)18-13-20(26(25-18)21(27)8-9-22(28)29)15-4-7-17-19(12-15)24-11-10-23-17/h2-7,10-12,20H,8-9,13H2,1H3,(H,28,29)/t20-/m0/s1. The maximum atomic E-state index is 12.8. The quantitative estimate of drug-likeness (QED) is 0.608. The minimum Gasteiger partial charge on any atom is -0.481 e. The number of benzene rings is 2. The van der Waals surface area contributed by atoms with E-state index in [1.165, 1.54) is 5.01 Å². The molecule has 152 valence electrons. The number of thioether (sulfide) groups is 1. The van der Waals surface area contributed by atoms with Gasteiger partial charge in [0.15, 0.2) is 0 Å². The molecular weight excluding hydrogens is 400 g/mol. The molecule has 1 aliphatic heterocycles. The minimum absolute atomic E-state index is 0.0958. The summed E-state index contributed by atoms with van der Waals surface area (Å²) < 4.78 is 0. The molecule has 2 aromatic carbocycles. The van der Waals surface area contributed by atoms with E-state index in [0.29, 0.717) is 6.42 Å². The molecule has 0 spiro atoms. The van der Waals surface area contributed by atoms with Crippen molar-refractivity contribution < 1.29 is 14.7 Å². The monoisotopic (exact) mass is 420 g/mol. The van der Waals surface area contributed by atoms with Crippen molar-refractivity contribution in [1.29, 1.82) is 0 Å². The average Bonchev–Trinajstić information content (AvgIpc) is 3.23. The van der Waals surface area contributed by atoms with E-state index in [9.17, 15) is 9.59 Å². The van der Waals surface area contributed by atoms with E-state index in [0.717, 1.165) is 32.8 Å². The van der Waals surface area contributed by atoms with E-state index < -0.39 is 5.97 Å². The van der Waals surface area contributed by atoms with Crippen LogP contribution >= 0.6 is 11.8 Å². The topological polar surface area (TPSA) is 95.8 Å². The van der Waals surface area contributed by atoms with Gasteiger partial charge in [-0.05, 0) is 41.6 Å². The van der Waals surface area contributed by atoms with Crippen molar-refractivity contribution in [2.24, 2.45) is 5.10 Å². The SMILES string of the molecule is CSc1ccc(C2=NN(C(=O)CCC(=O)O)[C@H](c3ccc4nccnc4c3)C2)cc1. The first-order valence-corrected chi connectivity index (χ1v) is 10.7. The highest BCUT2D eigenvalue weighted by molar-refractivity contribution is 7.98. The summed E-state index contributed by atoms with van der Waals surface area (Å²) >= 11 is 1.66. The van der Waals surface area contributed by atoms with Gasteiger partial charge in [-0.1, -0.05) is 18.2 Å². The largest absolute Gasteiger partial charge is 0.481 e. The molecule has 0 radical (unpaired) electrons. The highest BCUT2D eigenvalue weighted by atomic mass is 32.2. The smallest absolute Gasteiger partial charge is 0.303 e. The Bertz CT molecular complexity index is 1130. The Balaban J connectivity index is 1.67. The lowest BCUT2D eigenvalue weighted by Crippen LogP contribution is -2.27. The number of hydrazone groups is 1. The predicted molar refractivity (Wildman–Crippen MR) is 115 cm³/mol. The molecule has 4 rings (SSSR count). The fourth-order valence-corrected chi connectivity index (χ4v) is 3.88. The Kier molecular flexibility index (Phi) is 5.76. The Morgan fingerprint density at radius 2 is 1.80 bits per heavy atom. The molecule has 8 heteroatoms. The molecule has 30 heavy (non-hydrogen) atoms. The number of hydrogen-bond acceptors (Lipinski definition) is 6. The van der Waals surface area contributed by atoms with Gasteiger partial charge in [0.1, 0.15) is 0 Å². The van der Waals surface area contributed by atoms with Gasteiger partial charge in [-0.3, -0.25) is 19.6 Å². The number of aromatic nitrogens is 2. The maximum absolute atomic E-state index is 12.8. The van der Waals surface area contributed by atoms with Crippen LogP contribution in [-0.2, 0) is 9.59 Å². The van der Waals surface area contributed by atoms with Gasteiger partial charge in [-0.25, -0.2) is 5.01 Å². The van der Waals surface area contributed by atoms with Gasteiger partial charge in [0.2, 0.25) is 5.91 Å². The minimum atomic E-state index is -1.00. The number of amides is 1. The highest BCUT2D eigenvalue weighted by Gasteiger charge is 2.33. The molecule has 2 heterocycles. The van der Waals surface area contributed by atoms with Crippen LogP contribution in [-0.4, -0.2) is 43.9 Å². The number of rotatable bonds is 6. The summed E-state index contributed by atoms with van der Waals surface area (Å²) in [6, 6.07) is 13.5. The third kappa shape index (κ3) is 4.18. The highest BCUT2D eigenvalue weighted by Crippen LogP contribution is 2.34. The first kappa shape index (κ1) is 20.0. The fourth-order valence-electron chi connectivity index (χ4n) is 3.47. The van der Waals surface area contributed by atoms with Gasteiger partial charge < -0.3 is 5.11 Å². The number of carboxylic acid groups (broad SMARTS) is 1. The van der Waals surface area contributed by atoms with E-state index >= 15 is 0 Å². The zero-order valence-electron chi connectivity index (χ0n) is 16.4. The van der Waals surface area contributed by atoms with Crippen LogP contribution in [0.25, 0.3) is 11.0 Å². The van der Waals surface area contributed by atoms with E-state index in [1.807, 2.05) is 48.7 Å². The first-order valence-electron chi connectivity index (χ1n) is 9.51. The number of carbonyl (C=O) groups is 2. The number of hydrogen-bond donors (Lipinski definition) is 1. The van der Waals surface area contributed by atoms with E-state index in [4.69, 9.17) is 5.11 Å². The molecule has 1 amide bonds. The molecule has 0 aliphatic carbocycles. The van der Waals surface area contributed by atoms with E-state index in [-0.39, 0.29) is 24.8 Å². The number of carbonyl (C=O) groups excluding carboxylic acids is 1. The predicted octanol–water partition coefficient (Wildman–Crippen LogP) is 3.89. The molecule has 3 aromatic rings. The average molecular weight is 420 g/mol. The summed E-state index contributed by atoms with van der Waals surface area (Å²) in [5.74, 6) is -1.31. The second-order valence-electron chi connectivity index (χ2n) is 6.93. The van der Waals surface area contributed by atoms with Crippen molar-refractivity contribution in [1.82, 2.24) is 15.0 Å². The third-order valence-corrected chi connectivity index (χ3v) is 5.76. The summed E-state index contributed by atoms with van der Waals surface area (Å²) in [5, 5.41) is 15.0. The summed E-state index contributed by atoms with van der Waals surface area (Å²) in [4.78, 5) is 33.5. The Hall–Kier alpha value is -3.26. The van der Waals surface area contributed by atoms with Gasteiger partial charge in [0.05, 0.1) is 29.2 Å². The van der Waals surface area contributed by atoms with Gasteiger partial charge in [-0.2, -0.15) is 5.10 Å². The first-order chi connectivity index (χ1) is 14.5. The molecule has 1 N–H and O–H groups in total. The van der Waals surface area contributed by atoms with Crippen LogP contribution < -0.4 is 0 Å². The van der Waals surface area contributed by atoms with Crippen molar-refractivity contribution >= 4 is 40.4 Å². The second-order valence-corrected chi connectivity index (χ2v) is 7.81. The van der Waals surface area contributed by atoms with Crippen LogP contribution in [0.3, 0.4) is 0 Å². The molecular formula is C22H20N4O3S. The van der Waals surface area contributed by atoms with E-state index in [1.54, 1.807) is 24.2 Å². The van der Waals surface area contributed by atoms with Crippen molar-refractivity contribution in [2.45, 2.75) is 30.2 Å². The summed E-state index contributed by atoms with van der Waals surface area (Å²) in [7, 11) is 0. The lowest BCUT2D eigenvalue weighted by atomic mass is 9.98. The van der Waals surface area contributed by atoms with Crippen molar-refractivity contribution in [2.75, 3.05) is 6.26 Å². The van der Waals surface area contributed by atoms with Gasteiger partial charge in [0, 0.05) is 30.1 Å². The van der Waals surface area contributed by atoms with Crippen LogP contribution in [0.1, 0.15) is 36.4 Å². The van der Waals surface area contributed by atoms with Crippen molar-refractivity contribution in [3.8, 4) is 0 Å². The molecule has 1 aliphatic rings. The third-order valence-electron chi connectivity index (χ3n) is 5.02. The molecule has 1 atom stereocenters. The van der Waals surface area contributed by atoms with Crippen LogP contribution in [0.5, 0.6) is 0 Å². The van der Waals surface area contributed by atoms with Crippen LogP contribution in [0.4, 0.5) is 0 Å². The van der Waals surface area contributed by atoms with Crippen molar-refractivity contribution in [3.63, 3.8) is 0 Å². The summed E-state index contributed by atoms with van der Waals surface area (Å²) in [5.41, 5.74) is 4.16. The molecule has 0 fully saturated rings. The zero-order valence-corrected chi connectivity index (χ0v) is 17.2. The lowest BCUT2D eigenvalue weighted by Gasteiger charge is -2.22. The second kappa shape index (κ2) is 8.62. The molecule has 7 nitrogen and oxygen atoms in total. The van der Waals surface area contributed by atoms with Crippen molar-refractivity contribution in [3.05, 3.63) is 66.0 Å². The lowest BCUT2D eigenvalue weighted by molar-refractivity contribution is -0.141. The summed E-state index contributed by atoms with van der Waals surface area (Å²) in [6.07, 6.45) is 5.51. The molecule has 0 bridgehead atoms. The summed E-state index contributed by atoms with van der Waals surface area (Å²) in [6.45, 7) is 0. The Morgan fingerprint density at radius 3 is 2.50 bits per heavy atom. The van der Waals surface area contributed by atoms with Gasteiger partial charge >= 0.3 is 5.97 Å². The molecule has 0 saturated heterocycles. The normalized spacial score (nSPS) is 16.0. The van der Waals surface area contributed by atoms with E-state index in [2.05, 4.69) is 15.1 Å². The number of nitrogens with zero attached hydrogens (tertiary/aromatic N) is 4. The number of carboxylic acids is 1.